The average Bonchev–Trinajstić information content (AvgIpc) is 3.36. The predicted octanol–water partition coefficient (Wildman–Crippen LogP) is 1.09. The number of fused-ring (bicyclic) bond motifs is 2. The van der Waals surface area contributed by atoms with Crippen LogP contribution in [0.15, 0.2) is 57.2 Å². The molecule has 2 aromatic carbocycles. The maximum absolute atomic E-state index is 13.1. The third kappa shape index (κ3) is 4.93. The molecule has 15 heteroatoms. The van der Waals surface area contributed by atoms with Crippen molar-refractivity contribution in [1.29, 1.82) is 0 Å². The number of nitrogens with one attached hydrogen (secondary N) is 2. The van der Waals surface area contributed by atoms with Crippen LogP contribution in [0.25, 0.3) is 0 Å². The first-order chi connectivity index (χ1) is 18.5. The molecule has 204 valence electrons. The first-order valence-electron chi connectivity index (χ1n) is 11.4. The highest BCUT2D eigenvalue weighted by Gasteiger charge is 2.53. The molecular formula is C24H22N4O8S3. The minimum absolute atomic E-state index is 0.111. The van der Waals surface area contributed by atoms with Crippen LogP contribution in [-0.2, 0) is 31.0 Å². The van der Waals surface area contributed by atoms with E-state index in [1.54, 1.807) is 18.2 Å². The van der Waals surface area contributed by atoms with Crippen LogP contribution < -0.4 is 30.1 Å². The molecule has 1 aromatic heterocycles. The lowest BCUT2D eigenvalue weighted by atomic mass is 9.83. The quantitative estimate of drug-likeness (QED) is 0.340. The fourth-order valence-electron chi connectivity index (χ4n) is 4.65. The summed E-state index contributed by atoms with van der Waals surface area (Å²) in [4.78, 5) is 51.6. The van der Waals surface area contributed by atoms with Crippen LogP contribution in [0.3, 0.4) is 0 Å². The van der Waals surface area contributed by atoms with Crippen molar-refractivity contribution < 1.29 is 32.3 Å². The van der Waals surface area contributed by atoms with Gasteiger partial charge in [0.2, 0.25) is 27.7 Å². The Morgan fingerprint density at radius 3 is 2.38 bits per heavy atom. The number of imide groups is 1. The van der Waals surface area contributed by atoms with Gasteiger partial charge in [0, 0.05) is 16.5 Å². The molecule has 0 radical (unpaired) electrons. The van der Waals surface area contributed by atoms with Gasteiger partial charge in [0.15, 0.2) is 11.5 Å². The van der Waals surface area contributed by atoms with Crippen LogP contribution in [0, 0.1) is 5.92 Å². The van der Waals surface area contributed by atoms with Gasteiger partial charge in [-0.1, -0.05) is 29.2 Å². The van der Waals surface area contributed by atoms with Gasteiger partial charge in [-0.3, -0.25) is 29.1 Å². The smallest absolute Gasteiger partial charge is 0.308 e. The van der Waals surface area contributed by atoms with Gasteiger partial charge in [-0.25, -0.2) is 13.6 Å². The number of benzene rings is 2. The lowest BCUT2D eigenvalue weighted by Crippen LogP contribution is -2.32. The number of nitrogens with zero attached hydrogens (tertiary/aromatic N) is 1. The van der Waals surface area contributed by atoms with Crippen LogP contribution in [-0.4, -0.2) is 50.2 Å². The van der Waals surface area contributed by atoms with Crippen LogP contribution in [0.4, 0.5) is 5.69 Å². The van der Waals surface area contributed by atoms with E-state index in [0.29, 0.717) is 32.7 Å². The van der Waals surface area contributed by atoms with E-state index in [1.807, 2.05) is 0 Å². The number of amides is 3. The molecule has 0 spiro atoms. The monoisotopic (exact) mass is 590 g/mol. The molecule has 1 saturated heterocycles. The fraction of sp³-hybridized carbons (Fsp3) is 0.250. The number of ether oxygens (including phenoxy) is 2. The Bertz CT molecular complexity index is 1660. The molecule has 0 bridgehead atoms. The summed E-state index contributed by atoms with van der Waals surface area (Å²) in [6, 6.07) is 10.4. The van der Waals surface area contributed by atoms with E-state index < -0.39 is 49.7 Å². The third-order valence-corrected chi connectivity index (χ3v) is 9.97. The maximum atomic E-state index is 13.1. The number of methoxy groups -OCH3 is 2. The minimum atomic E-state index is -3.89. The van der Waals surface area contributed by atoms with Crippen molar-refractivity contribution >= 4 is 56.5 Å². The Kier molecular flexibility index (Phi) is 7.00. The summed E-state index contributed by atoms with van der Waals surface area (Å²) >= 11 is 1.99. The second-order valence-corrected chi connectivity index (χ2v) is 12.4. The number of hydrogen-bond acceptors (Lipinski definition) is 10. The predicted molar refractivity (Wildman–Crippen MR) is 143 cm³/mol. The van der Waals surface area contributed by atoms with E-state index in [4.69, 9.17) is 14.6 Å². The number of carbonyl (C=O) groups is 3. The van der Waals surface area contributed by atoms with Gasteiger partial charge >= 0.3 is 4.87 Å². The lowest BCUT2D eigenvalue weighted by Gasteiger charge is -2.31. The molecule has 2 aliphatic heterocycles. The van der Waals surface area contributed by atoms with Crippen LogP contribution >= 0.6 is 23.1 Å². The number of hydrogen-bond donors (Lipinski definition) is 3. The highest BCUT2D eigenvalue weighted by molar-refractivity contribution is 8.00. The molecule has 3 unspecified atom stereocenters. The van der Waals surface area contributed by atoms with Gasteiger partial charge < -0.3 is 14.8 Å². The van der Waals surface area contributed by atoms with E-state index in [2.05, 4.69) is 10.6 Å². The zero-order chi connectivity index (χ0) is 28.1. The number of aromatic nitrogens is 1. The maximum Gasteiger partial charge on any atom is 0.308 e. The van der Waals surface area contributed by atoms with E-state index >= 15 is 0 Å². The van der Waals surface area contributed by atoms with Gasteiger partial charge in [-0.15, -0.1) is 0 Å². The lowest BCUT2D eigenvalue weighted by molar-refractivity contribution is -0.126. The molecule has 3 heterocycles. The summed E-state index contributed by atoms with van der Waals surface area (Å²) in [7, 11) is -0.910. The Morgan fingerprint density at radius 2 is 1.74 bits per heavy atom. The second-order valence-electron chi connectivity index (χ2n) is 8.75. The summed E-state index contributed by atoms with van der Waals surface area (Å²) in [5.41, 5.74) is 0.961. The highest BCUT2D eigenvalue weighted by Crippen LogP contribution is 2.52. The SMILES string of the molecule is COc1ccc(C2c3sc(=O)n(CC(=O)Nc4ccc(S(N)(=O)=O)cc4)c3SC3C(=O)NC(=O)C32)cc1OC. The van der Waals surface area contributed by atoms with Gasteiger partial charge in [0.1, 0.15) is 11.8 Å². The normalized spacial score (nSPS) is 20.1. The Morgan fingerprint density at radius 1 is 1.05 bits per heavy atom. The number of carbonyl (C=O) groups excluding carboxylic acids is 3. The summed E-state index contributed by atoms with van der Waals surface area (Å²) < 4.78 is 34.9. The third-order valence-electron chi connectivity index (χ3n) is 6.42. The van der Waals surface area contributed by atoms with Crippen LogP contribution in [0.1, 0.15) is 16.4 Å². The highest BCUT2D eigenvalue weighted by atomic mass is 32.2. The Balaban J connectivity index is 1.50. The molecule has 12 nitrogen and oxygen atoms in total. The molecule has 0 saturated carbocycles. The average molecular weight is 591 g/mol. The van der Waals surface area contributed by atoms with Crippen molar-refractivity contribution in [3.05, 3.63) is 62.6 Å². The zero-order valence-corrected chi connectivity index (χ0v) is 22.9. The van der Waals surface area contributed by atoms with Gasteiger partial charge in [-0.2, -0.15) is 0 Å². The molecule has 3 aromatic rings. The zero-order valence-electron chi connectivity index (χ0n) is 20.5. The number of nitrogens with two attached hydrogens (primary N) is 1. The van der Waals surface area contributed by atoms with Crippen molar-refractivity contribution in [1.82, 2.24) is 9.88 Å². The van der Waals surface area contributed by atoms with Crippen LogP contribution in [0.2, 0.25) is 0 Å². The van der Waals surface area contributed by atoms with E-state index in [9.17, 15) is 27.6 Å². The number of sulfonamides is 1. The summed E-state index contributed by atoms with van der Waals surface area (Å²) in [5.74, 6) is -1.92. The standard InChI is InChI=1S/C24H22N4O8S3/c1-35-14-8-3-11(9-15(14)36-2)17-18-19(22(31)27-21(18)30)37-23-20(17)38-24(32)28(23)10-16(29)26-12-4-6-13(7-5-12)39(25,33)34/h3-9,17-19H,10H2,1-2H3,(H,26,29)(H2,25,33,34)(H,27,30,31). The summed E-state index contributed by atoms with van der Waals surface area (Å²) in [5, 5.41) is 9.75. The number of thiazole rings is 1. The van der Waals surface area contributed by atoms with Gasteiger partial charge in [0.25, 0.3) is 0 Å². The van der Waals surface area contributed by atoms with Gasteiger partial charge in [0.05, 0.1) is 30.1 Å². The van der Waals surface area contributed by atoms with Crippen molar-refractivity contribution in [2.45, 2.75) is 27.6 Å². The van der Waals surface area contributed by atoms with E-state index in [0.717, 1.165) is 23.1 Å². The molecule has 4 N–H and O–H groups in total. The largest absolute Gasteiger partial charge is 0.493 e. The first kappa shape index (κ1) is 26.9. The summed E-state index contributed by atoms with van der Waals surface area (Å²) in [6.07, 6.45) is 0. The van der Waals surface area contributed by atoms with Crippen molar-refractivity contribution in [2.24, 2.45) is 11.1 Å². The second kappa shape index (κ2) is 10.1. The first-order valence-corrected chi connectivity index (χ1v) is 14.7. The Hall–Kier alpha value is -3.66. The molecule has 5 rings (SSSR count). The topological polar surface area (TPSA) is 176 Å². The molecule has 2 aliphatic rings. The Labute approximate surface area is 230 Å². The van der Waals surface area contributed by atoms with Crippen molar-refractivity contribution in [3.8, 4) is 11.5 Å². The molecule has 3 atom stereocenters. The molecular weight excluding hydrogens is 568 g/mol. The minimum Gasteiger partial charge on any atom is -0.493 e. The van der Waals surface area contributed by atoms with E-state index in [-0.39, 0.29) is 11.4 Å². The van der Waals surface area contributed by atoms with E-state index in [1.165, 1.54) is 43.1 Å². The molecule has 1 fully saturated rings. The number of anilines is 1. The molecule has 0 aliphatic carbocycles. The van der Waals surface area contributed by atoms with Crippen molar-refractivity contribution in [2.75, 3.05) is 19.5 Å². The number of primary sulfonamides is 1. The van der Waals surface area contributed by atoms with Crippen LogP contribution in [0.5, 0.6) is 11.5 Å². The van der Waals surface area contributed by atoms with Gasteiger partial charge in [-0.05, 0) is 42.0 Å². The molecule has 39 heavy (non-hydrogen) atoms. The van der Waals surface area contributed by atoms with Crippen molar-refractivity contribution in [3.63, 3.8) is 0 Å². The number of thioether (sulfide) groups is 1. The number of rotatable bonds is 7. The summed E-state index contributed by atoms with van der Waals surface area (Å²) in [6.45, 7) is -0.361. The fourth-order valence-corrected chi connectivity index (χ4v) is 7.91. The molecule has 3 amide bonds.